The van der Waals surface area contributed by atoms with Crippen LogP contribution in [0, 0.1) is 13.8 Å². The normalized spacial score (nSPS) is 10.6. The van der Waals surface area contributed by atoms with Crippen molar-refractivity contribution in [3.63, 3.8) is 0 Å². The lowest BCUT2D eigenvalue weighted by Gasteiger charge is -2.09. The topological polar surface area (TPSA) is 80.4 Å². The molecule has 0 saturated heterocycles. The zero-order valence-corrected chi connectivity index (χ0v) is 15.6. The number of nitrogens with one attached hydrogen (secondary N) is 2. The Morgan fingerprint density at radius 2 is 1.93 bits per heavy atom. The van der Waals surface area contributed by atoms with Crippen LogP contribution in [0.4, 0.5) is 5.69 Å². The highest BCUT2D eigenvalue weighted by atomic mass is 16.6. The monoisotopic (exact) mass is 366 g/mol. The highest BCUT2D eigenvalue weighted by molar-refractivity contribution is 5.96. The lowest BCUT2D eigenvalue weighted by atomic mass is 10.1. The predicted octanol–water partition coefficient (Wildman–Crippen LogP) is 3.52. The summed E-state index contributed by atoms with van der Waals surface area (Å²) in [6.07, 6.45) is 0.266. The highest BCUT2D eigenvalue weighted by Crippen LogP contribution is 2.24. The minimum absolute atomic E-state index is 0.120. The van der Waals surface area contributed by atoms with E-state index < -0.39 is 5.97 Å². The molecule has 0 atom stereocenters. The van der Waals surface area contributed by atoms with Gasteiger partial charge in [0.1, 0.15) is 5.75 Å². The molecule has 2 aromatic carbocycles. The van der Waals surface area contributed by atoms with Crippen LogP contribution in [0.2, 0.25) is 0 Å². The summed E-state index contributed by atoms with van der Waals surface area (Å²) in [6, 6.07) is 13.1. The van der Waals surface area contributed by atoms with Gasteiger partial charge in [0.05, 0.1) is 13.5 Å². The fourth-order valence-corrected chi connectivity index (χ4v) is 2.95. The van der Waals surface area contributed by atoms with E-state index in [9.17, 15) is 9.59 Å². The van der Waals surface area contributed by atoms with Gasteiger partial charge in [0.2, 0.25) is 5.91 Å². The quantitative estimate of drug-likeness (QED) is 0.654. The Hall–Kier alpha value is -3.28. The second-order valence-corrected chi connectivity index (χ2v) is 6.40. The number of anilines is 1. The Morgan fingerprint density at radius 3 is 2.70 bits per heavy atom. The molecule has 0 aliphatic rings. The van der Waals surface area contributed by atoms with E-state index in [1.807, 2.05) is 26.0 Å². The first-order chi connectivity index (χ1) is 13.0. The van der Waals surface area contributed by atoms with E-state index in [0.717, 1.165) is 27.7 Å². The lowest BCUT2D eigenvalue weighted by Crippen LogP contribution is -2.15. The fraction of sp³-hybridized carbons (Fsp3) is 0.238. The van der Waals surface area contributed by atoms with Gasteiger partial charge >= 0.3 is 5.97 Å². The second kappa shape index (κ2) is 7.95. The van der Waals surface area contributed by atoms with E-state index in [4.69, 9.17) is 4.74 Å². The summed E-state index contributed by atoms with van der Waals surface area (Å²) in [5, 5.41) is 3.95. The number of hydrogen-bond donors (Lipinski definition) is 2. The number of amides is 1. The van der Waals surface area contributed by atoms with Crippen molar-refractivity contribution in [2.45, 2.75) is 20.3 Å². The summed E-state index contributed by atoms with van der Waals surface area (Å²) in [6.45, 7) is 3.83. The van der Waals surface area contributed by atoms with Gasteiger partial charge in [-0.15, -0.1) is 0 Å². The van der Waals surface area contributed by atoms with Gasteiger partial charge in [-0.05, 0) is 43.7 Å². The van der Waals surface area contributed by atoms with Crippen LogP contribution in [0.3, 0.4) is 0 Å². The van der Waals surface area contributed by atoms with Crippen molar-refractivity contribution in [3.8, 4) is 5.75 Å². The third kappa shape index (κ3) is 4.47. The number of carbonyl (C=O) groups is 2. The van der Waals surface area contributed by atoms with Gasteiger partial charge in [-0.25, -0.2) is 4.79 Å². The van der Waals surface area contributed by atoms with Crippen LogP contribution in [0.1, 0.15) is 16.8 Å². The van der Waals surface area contributed by atoms with Gasteiger partial charge < -0.3 is 19.8 Å². The molecule has 6 heteroatoms. The SMILES string of the molecule is COC(=O)COc1cccc(NC(=O)Cc2c(C)[nH]c3ccc(C)cc23)c1. The van der Waals surface area contributed by atoms with Gasteiger partial charge in [-0.2, -0.15) is 0 Å². The van der Waals surface area contributed by atoms with Crippen LogP contribution in [-0.4, -0.2) is 30.6 Å². The zero-order valence-electron chi connectivity index (χ0n) is 15.6. The number of esters is 1. The molecule has 0 bridgehead atoms. The number of methoxy groups -OCH3 is 1. The molecule has 2 N–H and O–H groups in total. The van der Waals surface area contributed by atoms with E-state index in [1.54, 1.807) is 24.3 Å². The van der Waals surface area contributed by atoms with Crippen LogP contribution in [-0.2, 0) is 20.7 Å². The molecule has 0 aliphatic carbocycles. The maximum absolute atomic E-state index is 12.5. The molecule has 0 saturated carbocycles. The number of aryl methyl sites for hydroxylation is 2. The van der Waals surface area contributed by atoms with Crippen molar-refractivity contribution >= 4 is 28.5 Å². The molecule has 1 amide bonds. The molecule has 0 radical (unpaired) electrons. The summed E-state index contributed by atoms with van der Waals surface area (Å²) in [7, 11) is 1.30. The molecule has 0 unspecified atom stereocenters. The summed E-state index contributed by atoms with van der Waals surface area (Å²) in [4.78, 5) is 27.0. The maximum atomic E-state index is 12.5. The summed E-state index contributed by atoms with van der Waals surface area (Å²) < 4.78 is 9.89. The van der Waals surface area contributed by atoms with Crippen molar-refractivity contribution in [2.24, 2.45) is 0 Å². The Labute approximate surface area is 157 Å². The Kier molecular flexibility index (Phi) is 5.45. The highest BCUT2D eigenvalue weighted by Gasteiger charge is 2.13. The third-order valence-corrected chi connectivity index (χ3v) is 4.31. The van der Waals surface area contributed by atoms with Gasteiger partial charge in [0.15, 0.2) is 6.61 Å². The predicted molar refractivity (Wildman–Crippen MR) is 104 cm³/mol. The molecule has 1 heterocycles. The van der Waals surface area contributed by atoms with E-state index in [2.05, 4.69) is 21.1 Å². The van der Waals surface area contributed by atoms with Crippen LogP contribution >= 0.6 is 0 Å². The standard InChI is InChI=1S/C21H22N2O4/c1-13-7-8-19-18(9-13)17(14(2)22-19)11-20(24)23-15-5-4-6-16(10-15)27-12-21(25)26-3/h4-10,22H,11-12H2,1-3H3,(H,23,24). The number of benzene rings is 2. The summed E-state index contributed by atoms with van der Waals surface area (Å²) in [5.41, 5.74) is 4.76. The van der Waals surface area contributed by atoms with Crippen molar-refractivity contribution < 1.29 is 19.1 Å². The van der Waals surface area contributed by atoms with Crippen LogP contribution in [0.25, 0.3) is 10.9 Å². The molecule has 3 rings (SSSR count). The van der Waals surface area contributed by atoms with Crippen molar-refractivity contribution in [1.82, 2.24) is 4.98 Å². The Balaban J connectivity index is 1.70. The fourth-order valence-electron chi connectivity index (χ4n) is 2.95. The van der Waals surface area contributed by atoms with Crippen molar-refractivity contribution in [2.75, 3.05) is 19.0 Å². The number of rotatable bonds is 6. The first kappa shape index (κ1) is 18.5. The number of aromatic nitrogens is 1. The first-order valence-electron chi connectivity index (χ1n) is 8.63. The number of fused-ring (bicyclic) bond motifs is 1. The van der Waals surface area contributed by atoms with Gasteiger partial charge in [-0.3, -0.25) is 4.79 Å². The number of H-pyrrole nitrogens is 1. The minimum atomic E-state index is -0.463. The minimum Gasteiger partial charge on any atom is -0.482 e. The molecule has 0 aliphatic heterocycles. The molecule has 6 nitrogen and oxygen atoms in total. The van der Waals surface area contributed by atoms with E-state index in [-0.39, 0.29) is 18.9 Å². The first-order valence-corrected chi connectivity index (χ1v) is 8.63. The molecule has 0 fully saturated rings. The average Bonchev–Trinajstić information content (AvgIpc) is 2.95. The van der Waals surface area contributed by atoms with E-state index in [0.29, 0.717) is 11.4 Å². The number of carbonyl (C=O) groups excluding carboxylic acids is 2. The van der Waals surface area contributed by atoms with Crippen molar-refractivity contribution in [1.29, 1.82) is 0 Å². The van der Waals surface area contributed by atoms with Crippen molar-refractivity contribution in [3.05, 3.63) is 59.3 Å². The zero-order chi connectivity index (χ0) is 19.4. The van der Waals surface area contributed by atoms with Crippen LogP contribution in [0.15, 0.2) is 42.5 Å². The van der Waals surface area contributed by atoms with E-state index in [1.165, 1.54) is 7.11 Å². The van der Waals surface area contributed by atoms with Gasteiger partial charge in [0.25, 0.3) is 0 Å². The van der Waals surface area contributed by atoms with Crippen LogP contribution in [0.5, 0.6) is 5.75 Å². The lowest BCUT2D eigenvalue weighted by molar-refractivity contribution is -0.142. The number of aromatic amines is 1. The Bertz CT molecular complexity index is 991. The average molecular weight is 366 g/mol. The maximum Gasteiger partial charge on any atom is 0.343 e. The van der Waals surface area contributed by atoms with Gasteiger partial charge in [0, 0.05) is 28.4 Å². The summed E-state index contributed by atoms with van der Waals surface area (Å²) in [5.74, 6) is -0.0998. The summed E-state index contributed by atoms with van der Waals surface area (Å²) >= 11 is 0. The second-order valence-electron chi connectivity index (χ2n) is 6.40. The number of ether oxygens (including phenoxy) is 2. The van der Waals surface area contributed by atoms with Crippen LogP contribution < -0.4 is 10.1 Å². The molecule has 0 spiro atoms. The molecule has 1 aromatic heterocycles. The third-order valence-electron chi connectivity index (χ3n) is 4.31. The molecule has 140 valence electrons. The molecule has 3 aromatic rings. The van der Waals surface area contributed by atoms with Gasteiger partial charge in [-0.1, -0.05) is 17.7 Å². The molecular formula is C21H22N2O4. The molecular weight excluding hydrogens is 344 g/mol. The van der Waals surface area contributed by atoms with E-state index >= 15 is 0 Å². The molecule has 27 heavy (non-hydrogen) atoms. The Morgan fingerprint density at radius 1 is 1.11 bits per heavy atom. The largest absolute Gasteiger partial charge is 0.482 e. The smallest absolute Gasteiger partial charge is 0.343 e. The number of hydrogen-bond acceptors (Lipinski definition) is 4.